The first-order valence-electron chi connectivity index (χ1n) is 8.60. The van der Waals surface area contributed by atoms with Gasteiger partial charge in [0.05, 0.1) is 19.3 Å². The number of nitrogens with one attached hydrogen (secondary N) is 1. The zero-order chi connectivity index (χ0) is 17.1. The monoisotopic (exact) mass is 335 g/mol. The zero-order valence-electron chi connectivity index (χ0n) is 14.3. The molecule has 1 aliphatic rings. The van der Waals surface area contributed by atoms with Crippen molar-refractivity contribution in [3.63, 3.8) is 0 Å². The van der Waals surface area contributed by atoms with E-state index >= 15 is 0 Å². The zero-order valence-corrected chi connectivity index (χ0v) is 14.3. The molecule has 0 amide bonds. The van der Waals surface area contributed by atoms with Gasteiger partial charge in [-0.05, 0) is 43.2 Å². The number of anilines is 1. The van der Waals surface area contributed by atoms with Crippen LogP contribution in [0.4, 0.5) is 5.69 Å². The number of methoxy groups -OCH3 is 1. The minimum Gasteiger partial charge on any atom is -0.481 e. The molecule has 0 spiro atoms. The second kappa shape index (κ2) is 6.93. The lowest BCUT2D eigenvalue weighted by Crippen LogP contribution is -2.11. The fourth-order valence-electron chi connectivity index (χ4n) is 3.12. The van der Waals surface area contributed by atoms with Gasteiger partial charge in [0.1, 0.15) is 5.82 Å². The van der Waals surface area contributed by atoms with E-state index in [-0.39, 0.29) is 0 Å². The van der Waals surface area contributed by atoms with E-state index in [4.69, 9.17) is 4.74 Å². The van der Waals surface area contributed by atoms with Crippen molar-refractivity contribution in [1.29, 1.82) is 0 Å². The molecule has 0 aliphatic carbocycles. The van der Waals surface area contributed by atoms with Crippen molar-refractivity contribution in [2.45, 2.75) is 32.4 Å². The summed E-state index contributed by atoms with van der Waals surface area (Å²) >= 11 is 0. The Balaban J connectivity index is 1.46. The Hall–Kier alpha value is -2.89. The van der Waals surface area contributed by atoms with Gasteiger partial charge < -0.3 is 14.6 Å². The van der Waals surface area contributed by atoms with E-state index in [9.17, 15) is 0 Å². The molecule has 3 heterocycles. The van der Waals surface area contributed by atoms with E-state index in [1.807, 2.05) is 18.2 Å². The maximum absolute atomic E-state index is 5.16. The molecule has 0 atom stereocenters. The van der Waals surface area contributed by atoms with E-state index < -0.39 is 0 Å². The molecule has 1 N–H and O–H groups in total. The highest BCUT2D eigenvalue weighted by molar-refractivity contribution is 5.60. The van der Waals surface area contributed by atoms with Crippen LogP contribution in [0.1, 0.15) is 24.4 Å². The summed E-state index contributed by atoms with van der Waals surface area (Å²) in [5, 5.41) is 12.1. The molecule has 1 aliphatic heterocycles. The number of hydrogen-bond donors (Lipinski definition) is 1. The highest BCUT2D eigenvalue weighted by Crippen LogP contribution is 2.24. The third kappa shape index (κ3) is 3.33. The molecule has 0 radical (unpaired) electrons. The molecular formula is C19H21N5O. The van der Waals surface area contributed by atoms with Crippen LogP contribution in [0, 0.1) is 0 Å². The summed E-state index contributed by atoms with van der Waals surface area (Å²) in [7, 11) is 1.63. The van der Waals surface area contributed by atoms with Crippen LogP contribution in [0.15, 0.2) is 42.5 Å². The third-order valence-electron chi connectivity index (χ3n) is 4.47. The van der Waals surface area contributed by atoms with Crippen molar-refractivity contribution in [2.75, 3.05) is 12.4 Å². The van der Waals surface area contributed by atoms with Crippen LogP contribution in [-0.4, -0.2) is 26.9 Å². The highest BCUT2D eigenvalue weighted by atomic mass is 16.5. The van der Waals surface area contributed by atoms with E-state index in [1.54, 1.807) is 7.11 Å². The van der Waals surface area contributed by atoms with Crippen LogP contribution < -0.4 is 10.1 Å². The van der Waals surface area contributed by atoms with Crippen molar-refractivity contribution in [3.8, 4) is 17.3 Å². The molecule has 128 valence electrons. The number of ether oxygens (including phenoxy) is 1. The van der Waals surface area contributed by atoms with Gasteiger partial charge in [-0.1, -0.05) is 6.07 Å². The number of nitrogens with zero attached hydrogens (tertiary/aromatic N) is 4. The van der Waals surface area contributed by atoms with Crippen molar-refractivity contribution in [2.24, 2.45) is 0 Å². The van der Waals surface area contributed by atoms with E-state index in [0.29, 0.717) is 12.4 Å². The summed E-state index contributed by atoms with van der Waals surface area (Å²) in [5.74, 6) is 2.70. The van der Waals surface area contributed by atoms with E-state index in [1.165, 1.54) is 12.8 Å². The lowest BCUT2D eigenvalue weighted by atomic mass is 10.1. The van der Waals surface area contributed by atoms with Gasteiger partial charge in [0.2, 0.25) is 5.88 Å². The van der Waals surface area contributed by atoms with Crippen LogP contribution in [0.5, 0.6) is 5.88 Å². The van der Waals surface area contributed by atoms with Crippen LogP contribution in [0.2, 0.25) is 0 Å². The molecule has 1 aromatic carbocycles. The summed E-state index contributed by atoms with van der Waals surface area (Å²) in [4.78, 5) is 4.41. The fraction of sp³-hybridized carbons (Fsp3) is 0.316. The molecule has 25 heavy (non-hydrogen) atoms. The summed E-state index contributed by atoms with van der Waals surface area (Å²) in [6.07, 6.45) is 3.44. The average Bonchev–Trinajstić information content (AvgIpc) is 3.11. The summed E-state index contributed by atoms with van der Waals surface area (Å²) in [5.41, 5.74) is 3.09. The summed E-state index contributed by atoms with van der Waals surface area (Å²) < 4.78 is 7.40. The van der Waals surface area contributed by atoms with E-state index in [0.717, 1.165) is 41.6 Å². The quantitative estimate of drug-likeness (QED) is 0.775. The minimum absolute atomic E-state index is 0.631. The van der Waals surface area contributed by atoms with Crippen molar-refractivity contribution < 1.29 is 4.74 Å². The Morgan fingerprint density at radius 2 is 1.96 bits per heavy atom. The molecule has 3 aromatic rings. The predicted octanol–water partition coefficient (Wildman–Crippen LogP) is 3.30. The topological polar surface area (TPSA) is 64.9 Å². The lowest BCUT2D eigenvalue weighted by Gasteiger charge is -2.15. The molecule has 0 unspecified atom stereocenters. The molecule has 0 bridgehead atoms. The number of pyridine rings is 1. The Bertz CT molecular complexity index is 857. The third-order valence-corrected chi connectivity index (χ3v) is 4.47. The largest absolute Gasteiger partial charge is 0.481 e. The van der Waals surface area contributed by atoms with Gasteiger partial charge >= 0.3 is 0 Å². The highest BCUT2D eigenvalue weighted by Gasteiger charge is 2.16. The molecule has 0 saturated carbocycles. The molecule has 2 aromatic heterocycles. The number of aromatic nitrogens is 4. The Morgan fingerprint density at radius 1 is 1.08 bits per heavy atom. The molecule has 6 heteroatoms. The molecule has 0 fully saturated rings. The van der Waals surface area contributed by atoms with E-state index in [2.05, 4.69) is 49.3 Å². The SMILES string of the molecule is COc1cccc(CNc2ccc(-c3nnc4n3CCCC4)cc2)n1. The van der Waals surface area contributed by atoms with Gasteiger partial charge in [0, 0.05) is 30.3 Å². The number of aryl methyl sites for hydroxylation is 1. The lowest BCUT2D eigenvalue weighted by molar-refractivity contribution is 0.396. The second-order valence-corrected chi connectivity index (χ2v) is 6.15. The van der Waals surface area contributed by atoms with Crippen LogP contribution in [-0.2, 0) is 19.5 Å². The van der Waals surface area contributed by atoms with Crippen molar-refractivity contribution in [1.82, 2.24) is 19.7 Å². The first-order chi connectivity index (χ1) is 12.3. The Morgan fingerprint density at radius 3 is 2.80 bits per heavy atom. The van der Waals surface area contributed by atoms with Gasteiger partial charge in [-0.2, -0.15) is 0 Å². The average molecular weight is 335 g/mol. The maximum atomic E-state index is 5.16. The normalized spacial score (nSPS) is 13.3. The number of fused-ring (bicyclic) bond motifs is 1. The maximum Gasteiger partial charge on any atom is 0.213 e. The smallest absolute Gasteiger partial charge is 0.213 e. The number of benzene rings is 1. The fourth-order valence-corrected chi connectivity index (χ4v) is 3.12. The van der Waals surface area contributed by atoms with Crippen LogP contribution >= 0.6 is 0 Å². The second-order valence-electron chi connectivity index (χ2n) is 6.15. The molecule has 6 nitrogen and oxygen atoms in total. The predicted molar refractivity (Wildman–Crippen MR) is 96.5 cm³/mol. The van der Waals surface area contributed by atoms with Gasteiger partial charge in [-0.25, -0.2) is 4.98 Å². The molecule has 0 saturated heterocycles. The molecule has 4 rings (SSSR count). The molecular weight excluding hydrogens is 314 g/mol. The first-order valence-corrected chi connectivity index (χ1v) is 8.60. The van der Waals surface area contributed by atoms with Gasteiger partial charge in [-0.3, -0.25) is 0 Å². The Labute approximate surface area is 146 Å². The first kappa shape index (κ1) is 15.6. The Kier molecular flexibility index (Phi) is 4.33. The summed E-state index contributed by atoms with van der Waals surface area (Å²) in [6, 6.07) is 14.1. The van der Waals surface area contributed by atoms with Gasteiger partial charge in [0.15, 0.2) is 5.82 Å². The van der Waals surface area contributed by atoms with Crippen LogP contribution in [0.3, 0.4) is 0 Å². The van der Waals surface area contributed by atoms with Crippen molar-refractivity contribution in [3.05, 3.63) is 54.0 Å². The van der Waals surface area contributed by atoms with Crippen molar-refractivity contribution >= 4 is 5.69 Å². The standard InChI is InChI=1S/C19H21N5O/c1-25-18-7-4-5-16(21-18)13-20-15-10-8-14(9-11-15)19-23-22-17-6-2-3-12-24(17)19/h4-5,7-11,20H,2-3,6,12-13H2,1H3. The van der Waals surface area contributed by atoms with Crippen LogP contribution in [0.25, 0.3) is 11.4 Å². The summed E-state index contributed by atoms with van der Waals surface area (Å²) in [6.45, 7) is 1.66. The van der Waals surface area contributed by atoms with Gasteiger partial charge in [0.25, 0.3) is 0 Å². The van der Waals surface area contributed by atoms with Gasteiger partial charge in [-0.15, -0.1) is 10.2 Å². The number of hydrogen-bond acceptors (Lipinski definition) is 5. The number of rotatable bonds is 5. The minimum atomic E-state index is 0.631.